The predicted molar refractivity (Wildman–Crippen MR) is 106 cm³/mol. The molecule has 8 nitrogen and oxygen atoms in total. The summed E-state index contributed by atoms with van der Waals surface area (Å²) >= 11 is 0. The number of methoxy groups -OCH3 is 1. The molecular formula is C19H23N3O5S. The second kappa shape index (κ2) is 7.67. The number of carbonyl (C=O) groups is 2. The van der Waals surface area contributed by atoms with E-state index in [2.05, 4.69) is 10.3 Å². The Morgan fingerprint density at radius 2 is 1.93 bits per heavy atom. The van der Waals surface area contributed by atoms with E-state index >= 15 is 0 Å². The molecule has 1 fully saturated rings. The molecule has 2 N–H and O–H groups in total. The van der Waals surface area contributed by atoms with E-state index in [1.165, 1.54) is 11.4 Å². The largest absolute Gasteiger partial charge is 0.465 e. The third-order valence-electron chi connectivity index (χ3n) is 4.81. The second-order valence-electron chi connectivity index (χ2n) is 6.57. The van der Waals surface area contributed by atoms with Crippen LogP contribution in [0.15, 0.2) is 24.3 Å². The molecule has 1 amide bonds. The van der Waals surface area contributed by atoms with Crippen molar-refractivity contribution in [1.82, 2.24) is 4.98 Å². The van der Waals surface area contributed by atoms with Gasteiger partial charge in [-0.2, -0.15) is 0 Å². The van der Waals surface area contributed by atoms with Gasteiger partial charge in [0, 0.05) is 17.9 Å². The van der Waals surface area contributed by atoms with Crippen LogP contribution in [0.3, 0.4) is 0 Å². The van der Waals surface area contributed by atoms with Crippen molar-refractivity contribution in [3.8, 4) is 0 Å². The maximum atomic E-state index is 12.7. The van der Waals surface area contributed by atoms with E-state index in [9.17, 15) is 18.0 Å². The predicted octanol–water partition coefficient (Wildman–Crippen LogP) is 2.46. The Morgan fingerprint density at radius 1 is 1.25 bits per heavy atom. The van der Waals surface area contributed by atoms with Gasteiger partial charge in [0.2, 0.25) is 10.0 Å². The quantitative estimate of drug-likeness (QED) is 0.743. The number of sulfonamides is 1. The minimum Gasteiger partial charge on any atom is -0.465 e. The summed E-state index contributed by atoms with van der Waals surface area (Å²) in [4.78, 5) is 27.7. The number of aromatic nitrogens is 1. The van der Waals surface area contributed by atoms with E-state index in [-0.39, 0.29) is 11.7 Å². The molecule has 3 rings (SSSR count). The maximum Gasteiger partial charge on any atom is 0.339 e. The van der Waals surface area contributed by atoms with Crippen LogP contribution in [0.1, 0.15) is 45.4 Å². The Labute approximate surface area is 163 Å². The molecule has 1 aromatic carbocycles. The Balaban J connectivity index is 1.80. The normalized spacial score (nSPS) is 15.5. The number of amides is 1. The lowest BCUT2D eigenvalue weighted by molar-refractivity contribution is 0.0599. The molecular weight excluding hydrogens is 382 g/mol. The van der Waals surface area contributed by atoms with Gasteiger partial charge in [-0.1, -0.05) is 6.92 Å². The first-order chi connectivity index (χ1) is 13.3. The molecule has 9 heteroatoms. The highest BCUT2D eigenvalue weighted by Gasteiger charge is 2.28. The van der Waals surface area contributed by atoms with E-state index in [1.807, 2.05) is 6.92 Å². The van der Waals surface area contributed by atoms with Gasteiger partial charge in [-0.15, -0.1) is 0 Å². The zero-order valence-corrected chi connectivity index (χ0v) is 16.9. The molecule has 0 unspecified atom stereocenters. The van der Waals surface area contributed by atoms with Crippen molar-refractivity contribution in [2.75, 3.05) is 29.0 Å². The Kier molecular flexibility index (Phi) is 5.46. The van der Waals surface area contributed by atoms with E-state index in [0.29, 0.717) is 53.3 Å². The summed E-state index contributed by atoms with van der Waals surface area (Å²) in [6.07, 6.45) is 1.16. The summed E-state index contributed by atoms with van der Waals surface area (Å²) in [6, 6.07) is 6.64. The number of esters is 1. The first-order valence-electron chi connectivity index (χ1n) is 9.00. The van der Waals surface area contributed by atoms with Crippen LogP contribution < -0.4 is 9.62 Å². The first-order valence-corrected chi connectivity index (χ1v) is 10.6. The third kappa shape index (κ3) is 3.62. The molecule has 0 saturated carbocycles. The van der Waals surface area contributed by atoms with Gasteiger partial charge in [0.05, 0.1) is 24.1 Å². The van der Waals surface area contributed by atoms with E-state index in [0.717, 1.165) is 0 Å². The number of hydrogen-bond donors (Lipinski definition) is 2. The number of H-pyrrole nitrogens is 1. The standard InChI is InChI=1S/C19H23N3O5S/c1-4-15-16(19(24)27-3)12(2)17(21-15)18(23)20-13-6-8-14(9-7-13)22-10-5-11-28(22,25)26/h6-9,21H,4-5,10-11H2,1-3H3,(H,20,23). The van der Waals surface area contributed by atoms with Gasteiger partial charge < -0.3 is 15.0 Å². The molecule has 150 valence electrons. The van der Waals surface area contributed by atoms with Crippen molar-refractivity contribution >= 4 is 33.3 Å². The number of anilines is 2. The fourth-order valence-corrected chi connectivity index (χ4v) is 4.93. The minimum atomic E-state index is -3.24. The molecule has 0 aliphatic carbocycles. The van der Waals surface area contributed by atoms with Crippen molar-refractivity contribution in [3.63, 3.8) is 0 Å². The van der Waals surface area contributed by atoms with Crippen molar-refractivity contribution in [2.24, 2.45) is 0 Å². The van der Waals surface area contributed by atoms with Gasteiger partial charge in [0.25, 0.3) is 5.91 Å². The summed E-state index contributed by atoms with van der Waals surface area (Å²) < 4.78 is 30.2. The van der Waals surface area contributed by atoms with Gasteiger partial charge in [-0.05, 0) is 49.6 Å². The number of nitrogens with zero attached hydrogens (tertiary/aromatic N) is 1. The molecule has 1 aliphatic heterocycles. The smallest absolute Gasteiger partial charge is 0.339 e. The highest BCUT2D eigenvalue weighted by atomic mass is 32.2. The number of hydrogen-bond acceptors (Lipinski definition) is 5. The van der Waals surface area contributed by atoms with Crippen LogP contribution in [-0.4, -0.2) is 44.7 Å². The van der Waals surface area contributed by atoms with E-state index < -0.39 is 16.0 Å². The number of rotatable bonds is 5. The SMILES string of the molecule is CCc1[nH]c(C(=O)Nc2ccc(N3CCCS3(=O)=O)cc2)c(C)c1C(=O)OC. The molecule has 0 radical (unpaired) electrons. The summed E-state index contributed by atoms with van der Waals surface area (Å²) in [7, 11) is -1.94. The van der Waals surface area contributed by atoms with Crippen molar-refractivity contribution in [3.05, 3.63) is 46.8 Å². The van der Waals surface area contributed by atoms with Gasteiger partial charge in [-0.3, -0.25) is 9.10 Å². The van der Waals surface area contributed by atoms with E-state index in [4.69, 9.17) is 4.74 Å². The summed E-state index contributed by atoms with van der Waals surface area (Å²) in [5.41, 5.74) is 2.95. The van der Waals surface area contributed by atoms with Crippen LogP contribution in [0.4, 0.5) is 11.4 Å². The van der Waals surface area contributed by atoms with Gasteiger partial charge in [0.15, 0.2) is 0 Å². The highest BCUT2D eigenvalue weighted by molar-refractivity contribution is 7.93. The molecule has 2 heterocycles. The zero-order chi connectivity index (χ0) is 20.5. The third-order valence-corrected chi connectivity index (χ3v) is 6.68. The number of aryl methyl sites for hydroxylation is 1. The van der Waals surface area contributed by atoms with Crippen LogP contribution in [0.5, 0.6) is 0 Å². The van der Waals surface area contributed by atoms with Crippen LogP contribution >= 0.6 is 0 Å². The van der Waals surface area contributed by atoms with Crippen LogP contribution in [-0.2, 0) is 21.2 Å². The number of carbonyl (C=O) groups excluding carboxylic acids is 2. The molecule has 0 bridgehead atoms. The molecule has 1 aromatic heterocycles. The summed E-state index contributed by atoms with van der Waals surface area (Å²) in [5.74, 6) is -0.718. The average molecular weight is 405 g/mol. The molecule has 28 heavy (non-hydrogen) atoms. The summed E-state index contributed by atoms with van der Waals surface area (Å²) in [6.45, 7) is 4.04. The lowest BCUT2D eigenvalue weighted by Gasteiger charge is -2.17. The Hall–Kier alpha value is -2.81. The topological polar surface area (TPSA) is 109 Å². The van der Waals surface area contributed by atoms with Crippen molar-refractivity contribution < 1.29 is 22.7 Å². The average Bonchev–Trinajstić information content (AvgIpc) is 3.20. The molecule has 0 atom stereocenters. The number of ether oxygens (including phenoxy) is 1. The lowest BCUT2D eigenvalue weighted by atomic mass is 10.1. The van der Waals surface area contributed by atoms with Crippen molar-refractivity contribution in [1.29, 1.82) is 0 Å². The molecule has 1 aliphatic rings. The summed E-state index contributed by atoms with van der Waals surface area (Å²) in [5, 5.41) is 2.77. The minimum absolute atomic E-state index is 0.153. The number of nitrogens with one attached hydrogen (secondary N) is 2. The first kappa shape index (κ1) is 19.9. The Bertz CT molecular complexity index is 1010. The second-order valence-corrected chi connectivity index (χ2v) is 8.58. The fraction of sp³-hybridized carbons (Fsp3) is 0.368. The van der Waals surface area contributed by atoms with Crippen molar-refractivity contribution in [2.45, 2.75) is 26.7 Å². The maximum absolute atomic E-state index is 12.7. The lowest BCUT2D eigenvalue weighted by Crippen LogP contribution is -2.25. The monoisotopic (exact) mass is 405 g/mol. The highest BCUT2D eigenvalue weighted by Crippen LogP contribution is 2.26. The van der Waals surface area contributed by atoms with Gasteiger partial charge in [-0.25, -0.2) is 13.2 Å². The van der Waals surface area contributed by atoms with Crippen LogP contribution in [0, 0.1) is 6.92 Å². The molecule has 1 saturated heterocycles. The molecule has 0 spiro atoms. The van der Waals surface area contributed by atoms with Gasteiger partial charge >= 0.3 is 5.97 Å². The fourth-order valence-electron chi connectivity index (χ4n) is 3.36. The van der Waals surface area contributed by atoms with Crippen LogP contribution in [0.2, 0.25) is 0 Å². The molecule has 2 aromatic rings. The number of aromatic amines is 1. The zero-order valence-electron chi connectivity index (χ0n) is 16.0. The van der Waals surface area contributed by atoms with E-state index in [1.54, 1.807) is 31.2 Å². The Morgan fingerprint density at radius 3 is 2.46 bits per heavy atom. The van der Waals surface area contributed by atoms with Crippen LogP contribution in [0.25, 0.3) is 0 Å². The number of benzene rings is 1. The van der Waals surface area contributed by atoms with Gasteiger partial charge in [0.1, 0.15) is 5.69 Å².